The molecule has 0 bridgehead atoms. The summed E-state index contributed by atoms with van der Waals surface area (Å²) in [6.45, 7) is 4.72. The lowest BCUT2D eigenvalue weighted by Gasteiger charge is -2.14. The number of hydrogen-bond donors (Lipinski definition) is 1. The Morgan fingerprint density at radius 3 is 2.53 bits per heavy atom. The van der Waals surface area contributed by atoms with Gasteiger partial charge in [-0.05, 0) is 48.4 Å². The zero-order chi connectivity index (χ0) is 13.9. The van der Waals surface area contributed by atoms with E-state index in [1.807, 2.05) is 12.1 Å². The fourth-order valence-corrected chi connectivity index (χ4v) is 3.77. The third-order valence-electron chi connectivity index (χ3n) is 4.10. The molecule has 0 aliphatic heterocycles. The first kappa shape index (κ1) is 14.5. The summed E-state index contributed by atoms with van der Waals surface area (Å²) in [7, 11) is -3.35. The van der Waals surface area contributed by atoms with E-state index in [1.54, 1.807) is 6.07 Å². The minimum atomic E-state index is -3.35. The molecular formula is C15H23NO2S. The highest BCUT2D eigenvalue weighted by Crippen LogP contribution is 2.24. The first-order valence-electron chi connectivity index (χ1n) is 7.18. The number of rotatable bonds is 6. The van der Waals surface area contributed by atoms with Gasteiger partial charge in [-0.15, -0.1) is 0 Å². The molecule has 0 unspecified atom stereocenters. The normalized spacial score (nSPS) is 14.9. The first-order chi connectivity index (χ1) is 9.06. The Morgan fingerprint density at radius 2 is 1.84 bits per heavy atom. The standard InChI is InChI=1S/C15H23NO2S/c1-3-12(4-2)11-16-19(17,18)15-9-8-13-6-5-7-14(13)10-15/h8-10,12,16H,3-7,11H2,1-2H3. The Morgan fingerprint density at radius 1 is 1.16 bits per heavy atom. The Labute approximate surface area is 116 Å². The molecular weight excluding hydrogens is 258 g/mol. The van der Waals surface area contributed by atoms with Crippen molar-refractivity contribution in [3.05, 3.63) is 29.3 Å². The van der Waals surface area contributed by atoms with E-state index in [2.05, 4.69) is 18.6 Å². The third-order valence-corrected chi connectivity index (χ3v) is 5.52. The SMILES string of the molecule is CCC(CC)CNS(=O)(=O)c1ccc2c(c1)CCC2. The Kier molecular flexibility index (Phi) is 4.63. The summed E-state index contributed by atoms with van der Waals surface area (Å²) in [5.74, 6) is 0.421. The van der Waals surface area contributed by atoms with E-state index in [4.69, 9.17) is 0 Å². The summed E-state index contributed by atoms with van der Waals surface area (Å²) in [5, 5.41) is 0. The molecule has 4 heteroatoms. The van der Waals surface area contributed by atoms with Gasteiger partial charge in [0.25, 0.3) is 0 Å². The van der Waals surface area contributed by atoms with E-state index >= 15 is 0 Å². The van der Waals surface area contributed by atoms with Crippen LogP contribution in [0.3, 0.4) is 0 Å². The number of benzene rings is 1. The molecule has 2 rings (SSSR count). The minimum Gasteiger partial charge on any atom is -0.211 e. The Balaban J connectivity index is 2.11. The summed E-state index contributed by atoms with van der Waals surface area (Å²) in [5.41, 5.74) is 2.50. The monoisotopic (exact) mass is 281 g/mol. The molecule has 1 aliphatic carbocycles. The quantitative estimate of drug-likeness (QED) is 0.871. The van der Waals surface area contributed by atoms with Gasteiger partial charge in [-0.3, -0.25) is 0 Å². The average molecular weight is 281 g/mol. The summed E-state index contributed by atoms with van der Waals surface area (Å²) in [6, 6.07) is 5.55. The summed E-state index contributed by atoms with van der Waals surface area (Å²) in [4.78, 5) is 0.416. The van der Waals surface area contributed by atoms with Crippen LogP contribution in [0.15, 0.2) is 23.1 Å². The highest BCUT2D eigenvalue weighted by molar-refractivity contribution is 7.89. The van der Waals surface area contributed by atoms with Gasteiger partial charge in [0, 0.05) is 6.54 Å². The Bertz CT molecular complexity index is 533. The molecule has 1 aromatic rings. The molecule has 0 radical (unpaired) electrons. The van der Waals surface area contributed by atoms with Gasteiger partial charge in [-0.25, -0.2) is 13.1 Å². The molecule has 106 valence electrons. The van der Waals surface area contributed by atoms with Crippen LogP contribution in [0.2, 0.25) is 0 Å². The minimum absolute atomic E-state index is 0.416. The number of aryl methyl sites for hydroxylation is 2. The van der Waals surface area contributed by atoms with Gasteiger partial charge in [0.1, 0.15) is 0 Å². The molecule has 1 aromatic carbocycles. The van der Waals surface area contributed by atoms with Crippen molar-refractivity contribution in [2.24, 2.45) is 5.92 Å². The van der Waals surface area contributed by atoms with E-state index in [-0.39, 0.29) is 0 Å². The van der Waals surface area contributed by atoms with Crippen molar-refractivity contribution in [2.75, 3.05) is 6.54 Å². The van der Waals surface area contributed by atoms with Crippen LogP contribution in [0.5, 0.6) is 0 Å². The van der Waals surface area contributed by atoms with E-state index in [0.717, 1.165) is 32.1 Å². The molecule has 0 heterocycles. The highest BCUT2D eigenvalue weighted by Gasteiger charge is 2.19. The molecule has 0 fully saturated rings. The largest absolute Gasteiger partial charge is 0.240 e. The van der Waals surface area contributed by atoms with Crippen LogP contribution in [0, 0.1) is 5.92 Å². The molecule has 0 atom stereocenters. The van der Waals surface area contributed by atoms with Crippen molar-refractivity contribution in [2.45, 2.75) is 50.8 Å². The average Bonchev–Trinajstić information content (AvgIpc) is 2.87. The van der Waals surface area contributed by atoms with E-state index in [0.29, 0.717) is 17.4 Å². The fourth-order valence-electron chi connectivity index (χ4n) is 2.60. The molecule has 1 aliphatic rings. The lowest BCUT2D eigenvalue weighted by Crippen LogP contribution is -2.29. The van der Waals surface area contributed by atoms with Gasteiger partial charge in [0.2, 0.25) is 10.0 Å². The van der Waals surface area contributed by atoms with Crippen LogP contribution >= 0.6 is 0 Å². The molecule has 0 saturated heterocycles. The van der Waals surface area contributed by atoms with Gasteiger partial charge < -0.3 is 0 Å². The van der Waals surface area contributed by atoms with Crippen molar-refractivity contribution in [3.8, 4) is 0 Å². The fraction of sp³-hybridized carbons (Fsp3) is 0.600. The molecule has 0 spiro atoms. The maximum Gasteiger partial charge on any atom is 0.240 e. The van der Waals surface area contributed by atoms with Crippen molar-refractivity contribution < 1.29 is 8.42 Å². The zero-order valence-electron chi connectivity index (χ0n) is 11.8. The summed E-state index contributed by atoms with van der Waals surface area (Å²) >= 11 is 0. The summed E-state index contributed by atoms with van der Waals surface area (Å²) < 4.78 is 27.3. The van der Waals surface area contributed by atoms with Crippen LogP contribution < -0.4 is 4.72 Å². The third kappa shape index (κ3) is 3.37. The van der Waals surface area contributed by atoms with E-state index < -0.39 is 10.0 Å². The van der Waals surface area contributed by atoms with Crippen molar-refractivity contribution in [3.63, 3.8) is 0 Å². The molecule has 19 heavy (non-hydrogen) atoms. The summed E-state index contributed by atoms with van der Waals surface area (Å²) in [6.07, 6.45) is 5.23. The van der Waals surface area contributed by atoms with Crippen molar-refractivity contribution >= 4 is 10.0 Å². The van der Waals surface area contributed by atoms with Gasteiger partial charge in [-0.1, -0.05) is 32.8 Å². The smallest absolute Gasteiger partial charge is 0.211 e. The van der Waals surface area contributed by atoms with Crippen LogP contribution in [-0.4, -0.2) is 15.0 Å². The Hall–Kier alpha value is -0.870. The lowest BCUT2D eigenvalue weighted by atomic mass is 10.0. The predicted molar refractivity (Wildman–Crippen MR) is 77.7 cm³/mol. The predicted octanol–water partition coefficient (Wildman–Crippen LogP) is 2.89. The molecule has 0 saturated carbocycles. The van der Waals surface area contributed by atoms with E-state index in [9.17, 15) is 8.42 Å². The molecule has 3 nitrogen and oxygen atoms in total. The topological polar surface area (TPSA) is 46.2 Å². The lowest BCUT2D eigenvalue weighted by molar-refractivity contribution is 0.479. The maximum absolute atomic E-state index is 12.3. The highest BCUT2D eigenvalue weighted by atomic mass is 32.2. The zero-order valence-corrected chi connectivity index (χ0v) is 12.6. The van der Waals surface area contributed by atoms with Crippen LogP contribution in [0.25, 0.3) is 0 Å². The molecule has 0 amide bonds. The number of nitrogens with one attached hydrogen (secondary N) is 1. The van der Waals surface area contributed by atoms with Gasteiger partial charge in [-0.2, -0.15) is 0 Å². The van der Waals surface area contributed by atoms with Gasteiger partial charge in [0.15, 0.2) is 0 Å². The first-order valence-corrected chi connectivity index (χ1v) is 8.66. The molecule has 1 N–H and O–H groups in total. The number of sulfonamides is 1. The molecule has 0 aromatic heterocycles. The second-order valence-corrected chi connectivity index (χ2v) is 7.09. The van der Waals surface area contributed by atoms with Gasteiger partial charge in [0.05, 0.1) is 4.90 Å². The van der Waals surface area contributed by atoms with Crippen molar-refractivity contribution in [1.29, 1.82) is 0 Å². The number of fused-ring (bicyclic) bond motifs is 1. The van der Waals surface area contributed by atoms with Crippen molar-refractivity contribution in [1.82, 2.24) is 4.72 Å². The second-order valence-electron chi connectivity index (χ2n) is 5.32. The van der Waals surface area contributed by atoms with Gasteiger partial charge >= 0.3 is 0 Å². The number of hydrogen-bond acceptors (Lipinski definition) is 2. The van der Waals surface area contributed by atoms with Crippen LogP contribution in [0.4, 0.5) is 0 Å². The van der Waals surface area contributed by atoms with Crippen LogP contribution in [-0.2, 0) is 22.9 Å². The van der Waals surface area contributed by atoms with Crippen LogP contribution in [0.1, 0.15) is 44.2 Å². The maximum atomic E-state index is 12.3. The van der Waals surface area contributed by atoms with E-state index in [1.165, 1.54) is 11.1 Å². The second kappa shape index (κ2) is 6.06.